The van der Waals surface area contributed by atoms with Crippen molar-refractivity contribution < 1.29 is 9.53 Å². The average molecular weight is 185 g/mol. The van der Waals surface area contributed by atoms with Crippen molar-refractivity contribution in [2.45, 2.75) is 34.1 Å². The van der Waals surface area contributed by atoms with Crippen LogP contribution in [-0.2, 0) is 9.53 Å². The van der Waals surface area contributed by atoms with Crippen LogP contribution in [0.5, 0.6) is 0 Å². The van der Waals surface area contributed by atoms with Gasteiger partial charge in [0.25, 0.3) is 0 Å². The minimum atomic E-state index is -0.420. The number of hydrogen-bond acceptors (Lipinski definition) is 3. The average Bonchev–Trinajstić information content (AvgIpc) is 2.02. The summed E-state index contributed by atoms with van der Waals surface area (Å²) in [6.07, 6.45) is 4.72. The lowest BCUT2D eigenvalue weighted by molar-refractivity contribution is -0.153. The molecule has 0 aromatic heterocycles. The third-order valence-corrected chi connectivity index (χ3v) is 1.37. The molecule has 76 valence electrons. The van der Waals surface area contributed by atoms with Crippen molar-refractivity contribution in [2.24, 2.45) is 5.41 Å². The van der Waals surface area contributed by atoms with E-state index < -0.39 is 5.41 Å². The van der Waals surface area contributed by atoms with E-state index in [1.807, 2.05) is 33.8 Å². The highest BCUT2D eigenvalue weighted by Crippen LogP contribution is 2.14. The van der Waals surface area contributed by atoms with E-state index in [2.05, 4.69) is 5.32 Å². The molecule has 0 aliphatic heterocycles. The molecule has 0 amide bonds. The number of ether oxygens (including phenoxy) is 1. The number of allylic oxidation sites excluding steroid dienone is 1. The Labute approximate surface area is 80.2 Å². The molecule has 0 bridgehead atoms. The van der Waals surface area contributed by atoms with Crippen molar-refractivity contribution in [3.05, 3.63) is 12.3 Å². The van der Waals surface area contributed by atoms with Gasteiger partial charge in [-0.05, 0) is 33.4 Å². The Bertz CT molecular complexity index is 180. The Morgan fingerprint density at radius 1 is 1.46 bits per heavy atom. The van der Waals surface area contributed by atoms with Crippen LogP contribution in [0.3, 0.4) is 0 Å². The predicted octanol–water partition coefficient (Wildman–Crippen LogP) is 2.05. The summed E-state index contributed by atoms with van der Waals surface area (Å²) >= 11 is 0. The van der Waals surface area contributed by atoms with E-state index in [1.165, 1.54) is 0 Å². The first kappa shape index (κ1) is 12.0. The Kier molecular flexibility index (Phi) is 5.19. The van der Waals surface area contributed by atoms with Crippen molar-refractivity contribution in [2.75, 3.05) is 6.73 Å². The second kappa shape index (κ2) is 5.62. The molecular weight excluding hydrogens is 166 g/mol. The molecule has 0 saturated carbocycles. The van der Waals surface area contributed by atoms with Gasteiger partial charge < -0.3 is 10.1 Å². The lowest BCUT2D eigenvalue weighted by atomic mass is 9.98. The summed E-state index contributed by atoms with van der Waals surface area (Å²) in [4.78, 5) is 11.2. The third-order valence-electron chi connectivity index (χ3n) is 1.37. The zero-order valence-electron chi connectivity index (χ0n) is 8.89. The topological polar surface area (TPSA) is 38.3 Å². The van der Waals surface area contributed by atoms with Crippen LogP contribution >= 0.6 is 0 Å². The second-order valence-electron chi connectivity index (χ2n) is 3.84. The quantitative estimate of drug-likeness (QED) is 0.414. The molecule has 13 heavy (non-hydrogen) atoms. The number of carbonyl (C=O) groups excluding carboxylic acids is 1. The standard InChI is InChI=1S/C10H19NO2/c1-5-6-7-11-8-13-9(12)10(2,3)4/h6-7,11H,5,8H2,1-4H3/b7-6-. The summed E-state index contributed by atoms with van der Waals surface area (Å²) in [6, 6.07) is 0. The minimum Gasteiger partial charge on any atom is -0.444 e. The molecule has 0 aromatic carbocycles. The molecular formula is C10H19NO2. The second-order valence-corrected chi connectivity index (χ2v) is 3.84. The van der Waals surface area contributed by atoms with Gasteiger partial charge in [0, 0.05) is 0 Å². The smallest absolute Gasteiger partial charge is 0.312 e. The molecule has 0 radical (unpaired) electrons. The van der Waals surface area contributed by atoms with Gasteiger partial charge in [-0.15, -0.1) is 0 Å². The number of esters is 1. The Morgan fingerprint density at radius 2 is 2.08 bits per heavy atom. The Hall–Kier alpha value is -0.990. The number of rotatable bonds is 4. The molecule has 0 aliphatic carbocycles. The van der Waals surface area contributed by atoms with E-state index in [1.54, 1.807) is 6.20 Å². The van der Waals surface area contributed by atoms with E-state index >= 15 is 0 Å². The molecule has 3 heteroatoms. The van der Waals surface area contributed by atoms with Gasteiger partial charge in [0.15, 0.2) is 6.73 Å². The summed E-state index contributed by atoms with van der Waals surface area (Å²) in [5.74, 6) is -0.190. The zero-order valence-corrected chi connectivity index (χ0v) is 8.89. The van der Waals surface area contributed by atoms with Crippen LogP contribution in [0, 0.1) is 5.41 Å². The molecule has 0 saturated heterocycles. The lowest BCUT2D eigenvalue weighted by Gasteiger charge is -2.16. The normalized spacial score (nSPS) is 11.7. The highest BCUT2D eigenvalue weighted by Gasteiger charge is 2.22. The maximum Gasteiger partial charge on any atom is 0.312 e. The van der Waals surface area contributed by atoms with Crippen molar-refractivity contribution in [3.8, 4) is 0 Å². The summed E-state index contributed by atoms with van der Waals surface area (Å²) in [5.41, 5.74) is -0.420. The fourth-order valence-electron chi connectivity index (χ4n) is 0.573. The minimum absolute atomic E-state index is 0.190. The molecule has 0 aromatic rings. The van der Waals surface area contributed by atoms with Gasteiger partial charge in [0.1, 0.15) is 0 Å². The molecule has 0 rings (SSSR count). The molecule has 0 fully saturated rings. The van der Waals surface area contributed by atoms with Gasteiger partial charge in [0.2, 0.25) is 0 Å². The fourth-order valence-corrected chi connectivity index (χ4v) is 0.573. The van der Waals surface area contributed by atoms with Gasteiger partial charge in [-0.1, -0.05) is 13.0 Å². The fraction of sp³-hybridized carbons (Fsp3) is 0.700. The molecule has 0 unspecified atom stereocenters. The first-order valence-corrected chi connectivity index (χ1v) is 4.54. The molecule has 0 spiro atoms. The monoisotopic (exact) mass is 185 g/mol. The van der Waals surface area contributed by atoms with Gasteiger partial charge >= 0.3 is 5.97 Å². The van der Waals surface area contributed by atoms with E-state index in [-0.39, 0.29) is 12.7 Å². The van der Waals surface area contributed by atoms with Crippen molar-refractivity contribution in [3.63, 3.8) is 0 Å². The summed E-state index contributed by atoms with van der Waals surface area (Å²) in [5, 5.41) is 2.87. The summed E-state index contributed by atoms with van der Waals surface area (Å²) in [6.45, 7) is 7.78. The first-order valence-electron chi connectivity index (χ1n) is 4.54. The van der Waals surface area contributed by atoms with Crippen LogP contribution < -0.4 is 5.32 Å². The largest absolute Gasteiger partial charge is 0.444 e. The van der Waals surface area contributed by atoms with Crippen LogP contribution in [-0.4, -0.2) is 12.7 Å². The maximum atomic E-state index is 11.2. The third kappa shape index (κ3) is 6.20. The predicted molar refractivity (Wildman–Crippen MR) is 53.0 cm³/mol. The summed E-state index contributed by atoms with van der Waals surface area (Å²) in [7, 11) is 0. The highest BCUT2D eigenvalue weighted by atomic mass is 16.5. The number of carbonyl (C=O) groups is 1. The van der Waals surface area contributed by atoms with E-state index in [0.717, 1.165) is 6.42 Å². The van der Waals surface area contributed by atoms with Crippen molar-refractivity contribution in [1.82, 2.24) is 5.32 Å². The highest BCUT2D eigenvalue weighted by molar-refractivity contribution is 5.75. The van der Waals surface area contributed by atoms with Crippen LogP contribution in [0.15, 0.2) is 12.3 Å². The Morgan fingerprint density at radius 3 is 2.54 bits per heavy atom. The number of nitrogens with one attached hydrogen (secondary N) is 1. The van der Waals surface area contributed by atoms with Crippen molar-refractivity contribution in [1.29, 1.82) is 0 Å². The van der Waals surface area contributed by atoms with Crippen LogP contribution in [0.1, 0.15) is 34.1 Å². The van der Waals surface area contributed by atoms with Gasteiger partial charge in [-0.2, -0.15) is 0 Å². The van der Waals surface area contributed by atoms with Gasteiger partial charge in [-0.3, -0.25) is 4.79 Å². The SMILES string of the molecule is CC/C=C\NCOC(=O)C(C)(C)C. The molecule has 0 aliphatic rings. The van der Waals surface area contributed by atoms with Crippen LogP contribution in [0.2, 0.25) is 0 Å². The van der Waals surface area contributed by atoms with E-state index in [0.29, 0.717) is 0 Å². The summed E-state index contributed by atoms with van der Waals surface area (Å²) < 4.78 is 4.95. The molecule has 0 atom stereocenters. The zero-order chi connectivity index (χ0) is 10.3. The van der Waals surface area contributed by atoms with E-state index in [9.17, 15) is 4.79 Å². The van der Waals surface area contributed by atoms with Crippen LogP contribution in [0.4, 0.5) is 0 Å². The first-order chi connectivity index (χ1) is 5.98. The van der Waals surface area contributed by atoms with E-state index in [4.69, 9.17) is 4.74 Å². The Balaban J connectivity index is 3.55. The van der Waals surface area contributed by atoms with Gasteiger partial charge in [-0.25, -0.2) is 0 Å². The molecule has 3 nitrogen and oxygen atoms in total. The van der Waals surface area contributed by atoms with Crippen LogP contribution in [0.25, 0.3) is 0 Å². The molecule has 1 N–H and O–H groups in total. The maximum absolute atomic E-state index is 11.2. The number of hydrogen-bond donors (Lipinski definition) is 1. The van der Waals surface area contributed by atoms with Gasteiger partial charge in [0.05, 0.1) is 5.41 Å². The molecule has 0 heterocycles. The van der Waals surface area contributed by atoms with Crippen molar-refractivity contribution >= 4 is 5.97 Å². The lowest BCUT2D eigenvalue weighted by Crippen LogP contribution is -2.26.